The summed E-state index contributed by atoms with van der Waals surface area (Å²) >= 11 is 0. The first kappa shape index (κ1) is 13.6. The second-order valence-corrected chi connectivity index (χ2v) is 4.52. The van der Waals surface area contributed by atoms with Crippen molar-refractivity contribution in [1.82, 2.24) is 0 Å². The lowest BCUT2D eigenvalue weighted by Crippen LogP contribution is -2.01. The summed E-state index contributed by atoms with van der Waals surface area (Å²) in [5.41, 5.74) is 2.26. The number of benzene rings is 2. The molecule has 0 amide bonds. The molecule has 0 bridgehead atoms. The maximum absolute atomic E-state index is 11.2. The zero-order valence-electron chi connectivity index (χ0n) is 11.2. The summed E-state index contributed by atoms with van der Waals surface area (Å²) in [4.78, 5) is 11.2. The topological polar surface area (TPSA) is 70.3 Å². The van der Waals surface area contributed by atoms with E-state index in [1.165, 1.54) is 6.07 Å². The van der Waals surface area contributed by atoms with Crippen molar-refractivity contribution in [2.45, 2.75) is 13.8 Å². The Hall–Kier alpha value is -2.80. The van der Waals surface area contributed by atoms with Gasteiger partial charge < -0.3 is 9.84 Å². The second kappa shape index (κ2) is 5.45. The van der Waals surface area contributed by atoms with Crippen LogP contribution in [-0.4, -0.2) is 11.1 Å². The van der Waals surface area contributed by atoms with Gasteiger partial charge in [-0.05, 0) is 49.2 Å². The number of hydrogen-bond acceptors (Lipinski definition) is 3. The van der Waals surface area contributed by atoms with Crippen molar-refractivity contribution in [3.05, 3.63) is 58.7 Å². The molecule has 1 N–H and O–H groups in total. The highest BCUT2D eigenvalue weighted by Gasteiger charge is 2.14. The summed E-state index contributed by atoms with van der Waals surface area (Å²) in [5.74, 6) is -0.466. The third-order valence-corrected chi connectivity index (χ3v) is 2.85. The number of ether oxygens (including phenoxy) is 1. The second-order valence-electron chi connectivity index (χ2n) is 4.52. The fourth-order valence-corrected chi connectivity index (χ4v) is 1.82. The Bertz CT molecular complexity index is 714. The van der Waals surface area contributed by atoms with Crippen LogP contribution in [0.5, 0.6) is 11.5 Å². The van der Waals surface area contributed by atoms with E-state index in [1.807, 2.05) is 19.9 Å². The Morgan fingerprint density at radius 1 is 1.10 bits per heavy atom. The van der Waals surface area contributed by atoms with Crippen molar-refractivity contribution in [2.75, 3.05) is 0 Å². The molecule has 0 aromatic heterocycles. The highest BCUT2D eigenvalue weighted by Crippen LogP contribution is 2.29. The number of nitrogens with zero attached hydrogens (tertiary/aromatic N) is 1. The van der Waals surface area contributed by atoms with Gasteiger partial charge in [-0.2, -0.15) is 5.26 Å². The number of nitriles is 1. The average molecular weight is 267 g/mol. The van der Waals surface area contributed by atoms with Crippen LogP contribution in [0.3, 0.4) is 0 Å². The van der Waals surface area contributed by atoms with Gasteiger partial charge in [-0.3, -0.25) is 0 Å². The van der Waals surface area contributed by atoms with E-state index >= 15 is 0 Å². The third kappa shape index (κ3) is 2.78. The van der Waals surface area contributed by atoms with Crippen LogP contribution in [0.1, 0.15) is 27.0 Å². The number of aromatic carboxylic acids is 1. The minimum absolute atomic E-state index is 0.0704. The molecule has 4 heteroatoms. The molecule has 0 radical (unpaired) electrons. The monoisotopic (exact) mass is 267 g/mol. The molecule has 0 aliphatic carbocycles. The zero-order chi connectivity index (χ0) is 14.7. The molecule has 20 heavy (non-hydrogen) atoms. The van der Waals surface area contributed by atoms with Gasteiger partial charge in [0, 0.05) is 0 Å². The Morgan fingerprint density at radius 3 is 2.30 bits per heavy atom. The van der Waals surface area contributed by atoms with Crippen LogP contribution in [-0.2, 0) is 0 Å². The predicted octanol–water partition coefficient (Wildman–Crippen LogP) is 3.67. The van der Waals surface area contributed by atoms with Gasteiger partial charge in [0.1, 0.15) is 23.1 Å². The van der Waals surface area contributed by atoms with Gasteiger partial charge in [0.2, 0.25) is 0 Å². The molecule has 2 aromatic carbocycles. The standard InChI is InChI=1S/C16H13NO3/c1-10-3-5-12(9-17)14(7-10)20-15-8-11(2)4-6-13(15)16(18)19/h3-8H,1-2H3,(H,18,19). The van der Waals surface area contributed by atoms with Crippen molar-refractivity contribution in [2.24, 2.45) is 0 Å². The van der Waals surface area contributed by atoms with Crippen LogP contribution in [0.15, 0.2) is 36.4 Å². The van der Waals surface area contributed by atoms with Crippen molar-refractivity contribution >= 4 is 5.97 Å². The molecule has 0 unspecified atom stereocenters. The average Bonchev–Trinajstić information content (AvgIpc) is 2.38. The lowest BCUT2D eigenvalue weighted by molar-refractivity contribution is 0.0694. The highest BCUT2D eigenvalue weighted by atomic mass is 16.5. The van der Waals surface area contributed by atoms with Gasteiger partial charge in [-0.1, -0.05) is 12.1 Å². The molecule has 2 aromatic rings. The Balaban J connectivity index is 2.50. The lowest BCUT2D eigenvalue weighted by atomic mass is 10.1. The van der Waals surface area contributed by atoms with Crippen LogP contribution >= 0.6 is 0 Å². The van der Waals surface area contributed by atoms with E-state index < -0.39 is 5.97 Å². The number of aryl methyl sites for hydroxylation is 2. The molecule has 4 nitrogen and oxygen atoms in total. The molecular formula is C16H13NO3. The summed E-state index contributed by atoms with van der Waals surface area (Å²) in [7, 11) is 0. The molecule has 0 heterocycles. The van der Waals surface area contributed by atoms with E-state index in [0.717, 1.165) is 11.1 Å². The van der Waals surface area contributed by atoms with Gasteiger partial charge in [-0.25, -0.2) is 4.79 Å². The van der Waals surface area contributed by atoms with Gasteiger partial charge in [-0.15, -0.1) is 0 Å². The minimum atomic E-state index is -1.06. The summed E-state index contributed by atoms with van der Waals surface area (Å²) in [6, 6.07) is 12.1. The van der Waals surface area contributed by atoms with Gasteiger partial charge >= 0.3 is 5.97 Å². The quantitative estimate of drug-likeness (QED) is 0.921. The van der Waals surface area contributed by atoms with Gasteiger partial charge in [0.25, 0.3) is 0 Å². The molecule has 2 rings (SSSR count). The molecule has 0 aliphatic rings. The van der Waals surface area contributed by atoms with E-state index in [-0.39, 0.29) is 11.3 Å². The Morgan fingerprint density at radius 2 is 1.70 bits per heavy atom. The van der Waals surface area contributed by atoms with Gasteiger partial charge in [0.05, 0.1) is 5.56 Å². The number of carbonyl (C=O) groups is 1. The molecule has 0 aliphatic heterocycles. The molecule has 100 valence electrons. The first-order valence-electron chi connectivity index (χ1n) is 6.04. The largest absolute Gasteiger partial charge is 0.478 e. The number of hydrogen-bond donors (Lipinski definition) is 1. The molecular weight excluding hydrogens is 254 g/mol. The fourth-order valence-electron chi connectivity index (χ4n) is 1.82. The van der Waals surface area contributed by atoms with Crippen molar-refractivity contribution in [3.63, 3.8) is 0 Å². The highest BCUT2D eigenvalue weighted by molar-refractivity contribution is 5.91. The van der Waals surface area contributed by atoms with E-state index in [2.05, 4.69) is 0 Å². The SMILES string of the molecule is Cc1ccc(C#N)c(Oc2cc(C)ccc2C(=O)O)c1. The van der Waals surface area contributed by atoms with E-state index in [0.29, 0.717) is 11.3 Å². The smallest absolute Gasteiger partial charge is 0.339 e. The van der Waals surface area contributed by atoms with Crippen LogP contribution in [0, 0.1) is 25.2 Å². The van der Waals surface area contributed by atoms with Crippen molar-refractivity contribution < 1.29 is 14.6 Å². The zero-order valence-corrected chi connectivity index (χ0v) is 11.2. The van der Waals surface area contributed by atoms with Gasteiger partial charge in [0.15, 0.2) is 0 Å². The van der Waals surface area contributed by atoms with Crippen molar-refractivity contribution in [1.29, 1.82) is 5.26 Å². The first-order valence-corrected chi connectivity index (χ1v) is 6.04. The molecule has 0 atom stereocenters. The number of carboxylic acid groups (broad SMARTS) is 1. The summed E-state index contributed by atoms with van der Waals surface area (Å²) in [5, 5.41) is 18.2. The Labute approximate surface area is 116 Å². The van der Waals surface area contributed by atoms with Crippen molar-refractivity contribution in [3.8, 4) is 17.6 Å². The number of carboxylic acids is 1. The van der Waals surface area contributed by atoms with E-state index in [9.17, 15) is 9.90 Å². The van der Waals surface area contributed by atoms with E-state index in [4.69, 9.17) is 10.00 Å². The molecule has 0 saturated heterocycles. The molecule has 0 spiro atoms. The Kier molecular flexibility index (Phi) is 3.72. The summed E-state index contributed by atoms with van der Waals surface area (Å²) in [6.07, 6.45) is 0. The van der Waals surface area contributed by atoms with Crippen LogP contribution in [0.2, 0.25) is 0 Å². The summed E-state index contributed by atoms with van der Waals surface area (Å²) in [6.45, 7) is 3.72. The minimum Gasteiger partial charge on any atom is -0.478 e. The first-order chi connectivity index (χ1) is 9.51. The molecule has 0 saturated carbocycles. The summed E-state index contributed by atoms with van der Waals surface area (Å²) < 4.78 is 5.65. The third-order valence-electron chi connectivity index (χ3n) is 2.85. The molecule has 0 fully saturated rings. The van der Waals surface area contributed by atoms with Crippen LogP contribution in [0.4, 0.5) is 0 Å². The maximum Gasteiger partial charge on any atom is 0.339 e. The van der Waals surface area contributed by atoms with E-state index in [1.54, 1.807) is 30.3 Å². The maximum atomic E-state index is 11.2. The fraction of sp³-hybridized carbons (Fsp3) is 0.125. The predicted molar refractivity (Wildman–Crippen MR) is 74.1 cm³/mol. The normalized spacial score (nSPS) is 9.85. The number of rotatable bonds is 3. The van der Waals surface area contributed by atoms with Crippen LogP contribution < -0.4 is 4.74 Å². The van der Waals surface area contributed by atoms with Crippen LogP contribution in [0.25, 0.3) is 0 Å². The lowest BCUT2D eigenvalue weighted by Gasteiger charge is -2.11.